The highest BCUT2D eigenvalue weighted by Gasteiger charge is 2.45. The zero-order valence-electron chi connectivity index (χ0n) is 20.9. The molecule has 192 valence electrons. The van der Waals surface area contributed by atoms with Crippen molar-refractivity contribution in [3.8, 4) is 0 Å². The molecule has 0 radical (unpaired) electrons. The van der Waals surface area contributed by atoms with E-state index in [1.807, 2.05) is 0 Å². The van der Waals surface area contributed by atoms with E-state index in [0.29, 0.717) is 12.2 Å². The van der Waals surface area contributed by atoms with Gasteiger partial charge in [-0.1, -0.05) is 37.3 Å². The van der Waals surface area contributed by atoms with Crippen LogP contribution < -0.4 is 15.9 Å². The van der Waals surface area contributed by atoms with Crippen molar-refractivity contribution in [1.29, 1.82) is 0 Å². The van der Waals surface area contributed by atoms with Crippen LogP contribution in [0.1, 0.15) is 39.5 Å². The van der Waals surface area contributed by atoms with Gasteiger partial charge in [0.15, 0.2) is 0 Å². The molecule has 8 nitrogen and oxygen atoms in total. The summed E-state index contributed by atoms with van der Waals surface area (Å²) in [6.45, 7) is 7.75. The second kappa shape index (κ2) is 12.5. The van der Waals surface area contributed by atoms with E-state index >= 15 is 0 Å². The van der Waals surface area contributed by atoms with Crippen LogP contribution in [0.15, 0.2) is 76.6 Å². The zero-order valence-corrected chi connectivity index (χ0v) is 20.9. The molecule has 5 rings (SSSR count). The lowest BCUT2D eigenvalue weighted by Crippen LogP contribution is -2.57. The number of allylic oxidation sites excluding steroid dienone is 4. The van der Waals surface area contributed by atoms with E-state index < -0.39 is 11.9 Å². The number of rotatable bonds is 4. The van der Waals surface area contributed by atoms with E-state index in [4.69, 9.17) is 20.3 Å². The number of hydrogen-bond acceptors (Lipinski definition) is 6. The van der Waals surface area contributed by atoms with Crippen molar-refractivity contribution in [1.82, 2.24) is 10.2 Å². The minimum Gasteiger partial charge on any atom is -0.478 e. The van der Waals surface area contributed by atoms with Gasteiger partial charge in [0, 0.05) is 53.9 Å². The monoisotopic (exact) mass is 493 g/mol. The molecule has 0 amide bonds. The summed E-state index contributed by atoms with van der Waals surface area (Å²) in [4.78, 5) is 26.8. The number of benzene rings is 1. The Morgan fingerprint density at radius 3 is 2.36 bits per heavy atom. The molecule has 3 heterocycles. The number of fused-ring (bicyclic) bond motifs is 4. The summed E-state index contributed by atoms with van der Waals surface area (Å²) in [5.74, 6) is -2.51. The van der Waals surface area contributed by atoms with Crippen LogP contribution in [0.5, 0.6) is 0 Å². The third-order valence-electron chi connectivity index (χ3n) is 6.44. The number of nitrogens with zero attached hydrogens (tertiary/aromatic N) is 2. The van der Waals surface area contributed by atoms with Crippen LogP contribution in [0, 0.1) is 0 Å². The molecule has 1 aromatic rings. The molecular weight excluding hydrogens is 458 g/mol. The first-order valence-electron chi connectivity index (χ1n) is 12.4. The molecule has 8 heteroatoms. The molecule has 0 unspecified atom stereocenters. The molecular formula is C28H35N3O5. The number of aliphatic carboxylic acids is 2. The average Bonchev–Trinajstić information content (AvgIpc) is 3.26. The highest BCUT2D eigenvalue weighted by Crippen LogP contribution is 2.44. The number of likely N-dealkylation sites (tertiary alicyclic amines) is 1. The van der Waals surface area contributed by atoms with E-state index in [9.17, 15) is 9.59 Å². The molecule has 1 aliphatic carbocycles. The van der Waals surface area contributed by atoms with Crippen LogP contribution >= 0.6 is 0 Å². The Morgan fingerprint density at radius 2 is 1.75 bits per heavy atom. The van der Waals surface area contributed by atoms with Crippen LogP contribution in [0.4, 0.5) is 0 Å². The van der Waals surface area contributed by atoms with Crippen LogP contribution in [0.2, 0.25) is 0 Å². The van der Waals surface area contributed by atoms with E-state index in [2.05, 4.69) is 59.6 Å². The summed E-state index contributed by atoms with van der Waals surface area (Å²) < 4.78 is 0. The predicted octanol–water partition coefficient (Wildman–Crippen LogP) is 2.13. The topological polar surface area (TPSA) is 122 Å². The fourth-order valence-corrected chi connectivity index (χ4v) is 5.00. The van der Waals surface area contributed by atoms with E-state index in [-0.39, 0.29) is 12.1 Å². The highest BCUT2D eigenvalue weighted by atomic mass is 16.4. The van der Waals surface area contributed by atoms with Gasteiger partial charge >= 0.3 is 11.9 Å². The average molecular weight is 494 g/mol. The first kappa shape index (κ1) is 27.1. The van der Waals surface area contributed by atoms with Crippen molar-refractivity contribution in [2.75, 3.05) is 26.2 Å². The summed E-state index contributed by atoms with van der Waals surface area (Å²) in [5.41, 5.74) is 5.41. The molecule has 0 atom stereocenters. The minimum atomic E-state index is -1.26. The van der Waals surface area contributed by atoms with Gasteiger partial charge in [-0.3, -0.25) is 0 Å². The van der Waals surface area contributed by atoms with Crippen molar-refractivity contribution in [2.24, 2.45) is 4.99 Å². The second-order valence-electron chi connectivity index (χ2n) is 8.92. The Hall–Kier alpha value is -3.49. The minimum absolute atomic E-state index is 0.0379. The Kier molecular flexibility index (Phi) is 9.38. The molecule has 0 bridgehead atoms. The number of nitrogens with one attached hydrogen (secondary N) is 1. The van der Waals surface area contributed by atoms with Gasteiger partial charge in [-0.25, -0.2) is 14.6 Å². The van der Waals surface area contributed by atoms with Gasteiger partial charge in [-0.15, -0.1) is 0 Å². The first-order chi connectivity index (χ1) is 17.3. The first-order valence-corrected chi connectivity index (χ1v) is 12.4. The van der Waals surface area contributed by atoms with Gasteiger partial charge in [0.1, 0.15) is 0 Å². The summed E-state index contributed by atoms with van der Waals surface area (Å²) in [6, 6.07) is 8.68. The Balaban J connectivity index is 0.000000280. The Morgan fingerprint density at radius 1 is 1.11 bits per heavy atom. The normalized spacial score (nSPS) is 19.0. The lowest BCUT2D eigenvalue weighted by atomic mass is 9.74. The summed E-state index contributed by atoms with van der Waals surface area (Å²) in [6.07, 6.45) is 12.3. The second-order valence-corrected chi connectivity index (χ2v) is 8.92. The van der Waals surface area contributed by atoms with Gasteiger partial charge in [0.2, 0.25) is 0 Å². The number of carbonyl (C=O) groups is 2. The molecule has 0 aromatic heterocycles. The van der Waals surface area contributed by atoms with E-state index in [1.165, 1.54) is 40.7 Å². The van der Waals surface area contributed by atoms with Gasteiger partial charge in [-0.05, 0) is 51.3 Å². The SMILES string of the molecule is CCCN1CCC2(CC1)NC1=CC=CCC1=C1N=c3ccccc3=C12.CCO.O=C(O)/C=C\C(=O)O. The molecule has 1 fully saturated rings. The van der Waals surface area contributed by atoms with Crippen molar-refractivity contribution in [2.45, 2.75) is 45.1 Å². The van der Waals surface area contributed by atoms with Gasteiger partial charge in [0.05, 0.1) is 16.6 Å². The van der Waals surface area contributed by atoms with E-state index in [0.717, 1.165) is 37.7 Å². The lowest BCUT2D eigenvalue weighted by Gasteiger charge is -2.48. The Labute approximate surface area is 211 Å². The molecule has 0 saturated carbocycles. The van der Waals surface area contributed by atoms with Gasteiger partial charge in [-0.2, -0.15) is 0 Å². The number of hydrogen-bond donors (Lipinski definition) is 4. The number of para-hydroxylation sites is 1. The molecule has 1 saturated heterocycles. The summed E-state index contributed by atoms with van der Waals surface area (Å²) in [7, 11) is 0. The molecule has 1 spiro atoms. The third kappa shape index (κ3) is 6.19. The van der Waals surface area contributed by atoms with Crippen molar-refractivity contribution in [3.05, 3.63) is 82.2 Å². The molecule has 4 N–H and O–H groups in total. The lowest BCUT2D eigenvalue weighted by molar-refractivity contribution is -0.134. The van der Waals surface area contributed by atoms with Gasteiger partial charge < -0.3 is 25.5 Å². The largest absolute Gasteiger partial charge is 0.478 e. The maximum Gasteiger partial charge on any atom is 0.328 e. The number of piperidine rings is 1. The molecule has 36 heavy (non-hydrogen) atoms. The van der Waals surface area contributed by atoms with E-state index in [1.54, 1.807) is 6.92 Å². The Bertz CT molecular complexity index is 1200. The number of aliphatic hydroxyl groups is 1. The van der Waals surface area contributed by atoms with Gasteiger partial charge in [0.25, 0.3) is 0 Å². The van der Waals surface area contributed by atoms with Crippen LogP contribution in [-0.2, 0) is 9.59 Å². The maximum atomic E-state index is 9.55. The fraction of sp³-hybridized carbons (Fsp3) is 0.393. The highest BCUT2D eigenvalue weighted by molar-refractivity contribution is 5.89. The summed E-state index contributed by atoms with van der Waals surface area (Å²) in [5, 5.41) is 29.7. The zero-order chi connectivity index (χ0) is 26.1. The molecule has 4 aliphatic rings. The number of aliphatic hydroxyl groups excluding tert-OH is 1. The fourth-order valence-electron chi connectivity index (χ4n) is 5.00. The molecule has 3 aliphatic heterocycles. The van der Waals surface area contributed by atoms with Crippen molar-refractivity contribution < 1.29 is 24.9 Å². The standard InChI is InChI=1S/C22H25N3.C4H4O4.C2H6O/c1-2-13-25-14-11-22(12-15-25)20-16-7-3-5-9-18(16)23-21(20)17-8-4-6-10-19(17)24-22;5-3(6)1-2-4(7)8;1-2-3/h3-7,9-10,24H,2,8,11-15H2,1H3;1-2H,(H,5,6)(H,7,8);3H,2H2,1H3/b;2-1-;. The maximum absolute atomic E-state index is 9.55. The number of carboxylic acids is 2. The van der Waals surface area contributed by atoms with Crippen LogP contribution in [-0.4, -0.2) is 63.9 Å². The predicted molar refractivity (Wildman–Crippen MR) is 139 cm³/mol. The summed E-state index contributed by atoms with van der Waals surface area (Å²) >= 11 is 0. The van der Waals surface area contributed by atoms with Crippen molar-refractivity contribution in [3.63, 3.8) is 0 Å². The number of carboxylic acid groups (broad SMARTS) is 2. The van der Waals surface area contributed by atoms with Crippen LogP contribution in [0.3, 0.4) is 0 Å². The quantitative estimate of drug-likeness (QED) is 0.474. The third-order valence-corrected chi connectivity index (χ3v) is 6.44. The molecule has 1 aromatic carbocycles. The van der Waals surface area contributed by atoms with Crippen molar-refractivity contribution >= 4 is 17.5 Å². The smallest absolute Gasteiger partial charge is 0.328 e. The van der Waals surface area contributed by atoms with Crippen LogP contribution in [0.25, 0.3) is 5.57 Å².